The Hall–Kier alpha value is -4.01. The van der Waals surface area contributed by atoms with Crippen LogP contribution >= 0.6 is 0 Å². The molecule has 0 saturated heterocycles. The zero-order valence-corrected chi connectivity index (χ0v) is 22.2. The van der Waals surface area contributed by atoms with Crippen molar-refractivity contribution in [2.75, 3.05) is 6.61 Å². The van der Waals surface area contributed by atoms with Gasteiger partial charge in [-0.2, -0.15) is 4.80 Å². The molecule has 1 fully saturated rings. The van der Waals surface area contributed by atoms with Crippen molar-refractivity contribution in [3.8, 4) is 11.5 Å². The third-order valence-electron chi connectivity index (χ3n) is 7.66. The van der Waals surface area contributed by atoms with Crippen molar-refractivity contribution in [1.29, 1.82) is 0 Å². The Morgan fingerprint density at radius 2 is 1.97 bits per heavy atom. The molecule has 0 amide bonds. The molecule has 0 N–H and O–H groups in total. The Morgan fingerprint density at radius 3 is 2.69 bits per heavy atom. The van der Waals surface area contributed by atoms with E-state index in [0.717, 1.165) is 23.1 Å². The van der Waals surface area contributed by atoms with Gasteiger partial charge in [-0.3, -0.25) is 4.79 Å². The van der Waals surface area contributed by atoms with Gasteiger partial charge in [-0.1, -0.05) is 31.2 Å². The van der Waals surface area contributed by atoms with E-state index in [2.05, 4.69) is 28.4 Å². The lowest BCUT2D eigenvalue weighted by molar-refractivity contribution is -0.144. The van der Waals surface area contributed by atoms with Gasteiger partial charge < -0.3 is 14.2 Å². The Kier molecular flexibility index (Phi) is 6.66. The number of hydrogen-bond donors (Lipinski definition) is 0. The first-order valence-electron chi connectivity index (χ1n) is 13.5. The standard InChI is InChI=1S/C30H31FN4O4/c1-4-37-30(36)23-16-22(23)18-5-8-20(9-6-18)38-27-13-10-21-26(14-11-24(31)28(21)27)39-25-12-7-19(15-17(25)2)29-32-34-35(3)33-29/h5-9,11-12,14-15,17,22-23,25,27H,4,10,13,16H2,1-3H3/t17?,22-,23+,25?,27-/m1/s1. The molecule has 2 aromatic carbocycles. The van der Waals surface area contributed by atoms with Crippen molar-refractivity contribution < 1.29 is 23.4 Å². The second kappa shape index (κ2) is 10.3. The van der Waals surface area contributed by atoms with Crippen molar-refractivity contribution in [2.45, 2.75) is 51.2 Å². The highest BCUT2D eigenvalue weighted by Gasteiger charge is 2.45. The first-order valence-corrected chi connectivity index (χ1v) is 13.5. The van der Waals surface area contributed by atoms with Crippen LogP contribution in [-0.2, 0) is 23.0 Å². The summed E-state index contributed by atoms with van der Waals surface area (Å²) in [5, 5.41) is 12.3. The van der Waals surface area contributed by atoms with Crippen LogP contribution in [0.1, 0.15) is 61.2 Å². The second-order valence-corrected chi connectivity index (χ2v) is 10.4. The number of rotatable bonds is 8. The molecule has 1 aromatic heterocycles. The van der Waals surface area contributed by atoms with Crippen LogP contribution in [-0.4, -0.2) is 38.9 Å². The van der Waals surface area contributed by atoms with Gasteiger partial charge in [-0.25, -0.2) is 4.39 Å². The summed E-state index contributed by atoms with van der Waals surface area (Å²) in [7, 11) is 1.73. The predicted molar refractivity (Wildman–Crippen MR) is 142 cm³/mol. The molecule has 3 aromatic rings. The maximum Gasteiger partial charge on any atom is 0.309 e. The quantitative estimate of drug-likeness (QED) is 0.374. The van der Waals surface area contributed by atoms with Crippen LogP contribution in [0.2, 0.25) is 0 Å². The second-order valence-electron chi connectivity index (χ2n) is 10.4. The Bertz CT molecular complexity index is 1450. The molecule has 3 aliphatic rings. The zero-order valence-electron chi connectivity index (χ0n) is 22.2. The minimum atomic E-state index is -0.392. The van der Waals surface area contributed by atoms with E-state index in [-0.39, 0.29) is 35.6 Å². The Labute approximate surface area is 226 Å². The molecule has 0 bridgehead atoms. The topological polar surface area (TPSA) is 88.4 Å². The molecule has 1 heterocycles. The van der Waals surface area contributed by atoms with Crippen LogP contribution in [0.5, 0.6) is 11.5 Å². The number of hydrogen-bond acceptors (Lipinski definition) is 7. The molecule has 9 heteroatoms. The summed E-state index contributed by atoms with van der Waals surface area (Å²) in [4.78, 5) is 13.4. The van der Waals surface area contributed by atoms with E-state index >= 15 is 4.39 Å². The third kappa shape index (κ3) is 5.05. The summed E-state index contributed by atoms with van der Waals surface area (Å²) >= 11 is 0. The lowest BCUT2D eigenvalue weighted by Crippen LogP contribution is -2.24. The Balaban J connectivity index is 1.13. The van der Waals surface area contributed by atoms with Crippen molar-refractivity contribution in [3.05, 3.63) is 83.0 Å². The van der Waals surface area contributed by atoms with Crippen LogP contribution in [0.3, 0.4) is 0 Å². The molecule has 8 nitrogen and oxygen atoms in total. The average molecular weight is 531 g/mol. The highest BCUT2D eigenvalue weighted by molar-refractivity contribution is 5.77. The van der Waals surface area contributed by atoms with E-state index in [1.54, 1.807) is 13.1 Å². The van der Waals surface area contributed by atoms with E-state index in [0.29, 0.717) is 42.3 Å². The molecule has 5 atom stereocenters. The molecule has 39 heavy (non-hydrogen) atoms. The smallest absolute Gasteiger partial charge is 0.309 e. The summed E-state index contributed by atoms with van der Waals surface area (Å²) in [6.07, 6.45) is 7.55. The minimum Gasteiger partial charge on any atom is -0.486 e. The average Bonchev–Trinajstić information content (AvgIpc) is 3.43. The number of fused-ring (bicyclic) bond motifs is 1. The van der Waals surface area contributed by atoms with Crippen LogP contribution in [0, 0.1) is 17.7 Å². The number of esters is 1. The monoisotopic (exact) mass is 530 g/mol. The zero-order chi connectivity index (χ0) is 27.1. The summed E-state index contributed by atoms with van der Waals surface area (Å²) in [5.41, 5.74) is 3.42. The number of nitrogens with zero attached hydrogens (tertiary/aromatic N) is 4. The number of carbonyl (C=O) groups excluding carboxylic acids is 1. The van der Waals surface area contributed by atoms with Gasteiger partial charge in [0.1, 0.15) is 29.5 Å². The summed E-state index contributed by atoms with van der Waals surface area (Å²) < 4.78 is 32.8. The van der Waals surface area contributed by atoms with E-state index < -0.39 is 6.10 Å². The molecule has 0 aliphatic heterocycles. The fourth-order valence-corrected chi connectivity index (χ4v) is 5.55. The van der Waals surface area contributed by atoms with Gasteiger partial charge in [0, 0.05) is 22.6 Å². The fraction of sp³-hybridized carbons (Fsp3) is 0.400. The third-order valence-corrected chi connectivity index (χ3v) is 7.66. The molecule has 3 aliphatic carbocycles. The Morgan fingerprint density at radius 1 is 1.15 bits per heavy atom. The molecule has 1 saturated carbocycles. The number of allylic oxidation sites excluding steroid dienone is 2. The normalized spacial score (nSPS) is 25.1. The van der Waals surface area contributed by atoms with E-state index in [1.165, 1.54) is 10.9 Å². The number of benzene rings is 2. The molecule has 6 rings (SSSR count). The van der Waals surface area contributed by atoms with Gasteiger partial charge in [0.15, 0.2) is 0 Å². The molecular weight excluding hydrogens is 499 g/mol. The minimum absolute atomic E-state index is 0.0570. The lowest BCUT2D eigenvalue weighted by atomic mass is 9.94. The summed E-state index contributed by atoms with van der Waals surface area (Å²) in [6.45, 7) is 4.29. The number of carbonyl (C=O) groups is 1. The maximum atomic E-state index is 15.1. The SMILES string of the molecule is CCOC(=O)[C@H]1C[C@@H]1c1ccc(O[C@@H]2CCc3c(OC4C=CC(c5nnn(C)n5)=CC4C)ccc(F)c32)cc1. The van der Waals surface area contributed by atoms with Gasteiger partial charge in [-0.05, 0) is 73.2 Å². The number of tetrazole rings is 1. The van der Waals surface area contributed by atoms with Crippen LogP contribution in [0.25, 0.3) is 5.57 Å². The first-order chi connectivity index (χ1) is 18.9. The predicted octanol–water partition coefficient (Wildman–Crippen LogP) is 5.12. The van der Waals surface area contributed by atoms with Crippen LogP contribution in [0.4, 0.5) is 4.39 Å². The largest absolute Gasteiger partial charge is 0.486 e. The van der Waals surface area contributed by atoms with Crippen molar-refractivity contribution in [2.24, 2.45) is 18.9 Å². The van der Waals surface area contributed by atoms with Gasteiger partial charge in [0.25, 0.3) is 0 Å². The highest BCUT2D eigenvalue weighted by atomic mass is 19.1. The maximum absolute atomic E-state index is 15.1. The molecular formula is C30H31FN4O4. The van der Waals surface area contributed by atoms with E-state index in [9.17, 15) is 4.79 Å². The van der Waals surface area contributed by atoms with E-state index in [4.69, 9.17) is 14.2 Å². The molecule has 202 valence electrons. The van der Waals surface area contributed by atoms with Gasteiger partial charge in [-0.15, -0.1) is 10.2 Å². The lowest BCUT2D eigenvalue weighted by Gasteiger charge is -2.25. The van der Waals surface area contributed by atoms with E-state index in [1.807, 2.05) is 43.3 Å². The van der Waals surface area contributed by atoms with Crippen LogP contribution < -0.4 is 9.47 Å². The summed E-state index contributed by atoms with van der Waals surface area (Å²) in [6, 6.07) is 10.9. The van der Waals surface area contributed by atoms with Crippen LogP contribution in [0.15, 0.2) is 54.6 Å². The van der Waals surface area contributed by atoms with Crippen molar-refractivity contribution in [3.63, 3.8) is 0 Å². The first kappa shape index (κ1) is 25.3. The van der Waals surface area contributed by atoms with Gasteiger partial charge in [0.05, 0.1) is 19.6 Å². The van der Waals surface area contributed by atoms with Gasteiger partial charge >= 0.3 is 5.97 Å². The van der Waals surface area contributed by atoms with Crippen molar-refractivity contribution in [1.82, 2.24) is 20.2 Å². The highest BCUT2D eigenvalue weighted by Crippen LogP contribution is 2.49. The summed E-state index contributed by atoms with van der Waals surface area (Å²) in [5.74, 6) is 1.73. The molecule has 0 radical (unpaired) electrons. The molecule has 0 spiro atoms. The van der Waals surface area contributed by atoms with Crippen molar-refractivity contribution >= 4 is 11.5 Å². The fourth-order valence-electron chi connectivity index (χ4n) is 5.55. The number of ether oxygens (including phenoxy) is 3. The van der Waals surface area contributed by atoms with Gasteiger partial charge in [0.2, 0.25) is 5.82 Å². The number of aromatic nitrogens is 4. The molecule has 2 unspecified atom stereocenters. The number of aryl methyl sites for hydroxylation is 1. The number of halogens is 1.